The second-order valence-corrected chi connectivity index (χ2v) is 2.33. The van der Waals surface area contributed by atoms with Crippen molar-refractivity contribution in [2.75, 3.05) is 7.11 Å². The average molecular weight is 175 g/mol. The molecule has 0 fully saturated rings. The Morgan fingerprint density at radius 3 is 2.54 bits per heavy atom. The molecule has 0 atom stereocenters. The molecule has 13 heavy (non-hydrogen) atoms. The maximum atomic E-state index is 8.26. The molecule has 0 aromatic heterocycles. The maximum absolute atomic E-state index is 8.26. The minimum Gasteiger partial charge on any atom is -0.497 e. The summed E-state index contributed by atoms with van der Waals surface area (Å²) in [5.74, 6) is 0.957. The van der Waals surface area contributed by atoms with Crippen molar-refractivity contribution in [3.05, 3.63) is 29.8 Å². The third-order valence-corrected chi connectivity index (χ3v) is 1.56. The summed E-state index contributed by atoms with van der Waals surface area (Å²) in [6, 6.07) is 7.01. The first-order valence-corrected chi connectivity index (χ1v) is 3.64. The molecule has 1 aromatic rings. The zero-order valence-corrected chi connectivity index (χ0v) is 7.19. The zero-order chi connectivity index (χ0) is 9.68. The zero-order valence-electron chi connectivity index (χ0n) is 7.19. The quantitative estimate of drug-likeness (QED) is 0.412. The SMILES string of the molecule is COc1ccc(C(N)=NC#N)cc1. The van der Waals surface area contributed by atoms with Gasteiger partial charge in [0.25, 0.3) is 0 Å². The number of ether oxygens (including phenoxy) is 1. The van der Waals surface area contributed by atoms with Gasteiger partial charge in [0.2, 0.25) is 6.19 Å². The Balaban J connectivity index is 2.94. The fourth-order valence-electron chi connectivity index (χ4n) is 0.880. The molecule has 0 saturated heterocycles. The smallest absolute Gasteiger partial charge is 0.207 e. The van der Waals surface area contributed by atoms with Crippen molar-refractivity contribution in [3.63, 3.8) is 0 Å². The molecule has 0 spiro atoms. The lowest BCUT2D eigenvalue weighted by Gasteiger charge is -2.00. The van der Waals surface area contributed by atoms with Gasteiger partial charge in [0.05, 0.1) is 7.11 Å². The number of hydrogen-bond donors (Lipinski definition) is 1. The molecular weight excluding hydrogens is 166 g/mol. The van der Waals surface area contributed by atoms with Gasteiger partial charge in [-0.05, 0) is 24.3 Å². The summed E-state index contributed by atoms with van der Waals surface area (Å²) in [5.41, 5.74) is 6.19. The number of benzene rings is 1. The normalized spacial score (nSPS) is 10.6. The maximum Gasteiger partial charge on any atom is 0.207 e. The van der Waals surface area contributed by atoms with Crippen LogP contribution in [-0.4, -0.2) is 12.9 Å². The monoisotopic (exact) mass is 175 g/mol. The van der Waals surface area contributed by atoms with E-state index in [9.17, 15) is 0 Å². The summed E-state index contributed by atoms with van der Waals surface area (Å²) in [6.45, 7) is 0. The van der Waals surface area contributed by atoms with Gasteiger partial charge in [-0.1, -0.05) is 0 Å². The number of rotatable bonds is 2. The van der Waals surface area contributed by atoms with Crippen LogP contribution in [0.2, 0.25) is 0 Å². The van der Waals surface area contributed by atoms with Crippen LogP contribution >= 0.6 is 0 Å². The molecule has 0 aliphatic heterocycles. The molecule has 2 N–H and O–H groups in total. The number of nitrogens with zero attached hydrogens (tertiary/aromatic N) is 2. The molecule has 0 amide bonds. The Morgan fingerprint density at radius 2 is 2.08 bits per heavy atom. The summed E-state index contributed by atoms with van der Waals surface area (Å²) in [7, 11) is 1.59. The summed E-state index contributed by atoms with van der Waals surface area (Å²) >= 11 is 0. The van der Waals surface area contributed by atoms with Crippen LogP contribution < -0.4 is 10.5 Å². The molecule has 0 heterocycles. The van der Waals surface area contributed by atoms with Gasteiger partial charge in [-0.25, -0.2) is 0 Å². The van der Waals surface area contributed by atoms with Crippen molar-refractivity contribution in [2.45, 2.75) is 0 Å². The minimum absolute atomic E-state index is 0.213. The van der Waals surface area contributed by atoms with E-state index in [2.05, 4.69) is 4.99 Å². The lowest BCUT2D eigenvalue weighted by molar-refractivity contribution is 0.415. The van der Waals surface area contributed by atoms with Crippen molar-refractivity contribution in [1.82, 2.24) is 0 Å². The number of nitrogens with two attached hydrogens (primary N) is 1. The molecular formula is C9H9N3O. The second-order valence-electron chi connectivity index (χ2n) is 2.33. The van der Waals surface area contributed by atoms with Gasteiger partial charge < -0.3 is 10.5 Å². The van der Waals surface area contributed by atoms with E-state index in [1.54, 1.807) is 37.6 Å². The van der Waals surface area contributed by atoms with Gasteiger partial charge in [-0.3, -0.25) is 0 Å². The van der Waals surface area contributed by atoms with E-state index >= 15 is 0 Å². The van der Waals surface area contributed by atoms with E-state index in [1.807, 2.05) is 0 Å². The molecule has 0 bridgehead atoms. The molecule has 1 aromatic carbocycles. The average Bonchev–Trinajstić information content (AvgIpc) is 2.18. The van der Waals surface area contributed by atoms with Gasteiger partial charge in [-0.2, -0.15) is 10.3 Å². The predicted octanol–water partition coefficient (Wildman–Crippen LogP) is 0.882. The Kier molecular flexibility index (Phi) is 2.87. The molecule has 0 aliphatic carbocycles. The molecule has 0 unspecified atom stereocenters. The Morgan fingerprint density at radius 1 is 1.46 bits per heavy atom. The molecule has 4 nitrogen and oxygen atoms in total. The summed E-state index contributed by atoms with van der Waals surface area (Å²) in [4.78, 5) is 3.41. The summed E-state index contributed by atoms with van der Waals surface area (Å²) in [6.07, 6.45) is 1.63. The van der Waals surface area contributed by atoms with Crippen molar-refractivity contribution in [2.24, 2.45) is 10.7 Å². The molecule has 66 valence electrons. The van der Waals surface area contributed by atoms with Crippen LogP contribution in [0.15, 0.2) is 29.3 Å². The minimum atomic E-state index is 0.213. The third kappa shape index (κ3) is 2.20. The standard InChI is InChI=1S/C9H9N3O/c1-13-8-4-2-7(3-5-8)9(11)12-6-10/h2-5H,1H3,(H2,11,12). The van der Waals surface area contributed by atoms with Crippen LogP contribution in [0.5, 0.6) is 5.75 Å². The molecule has 4 heteroatoms. The summed E-state index contributed by atoms with van der Waals surface area (Å²) < 4.78 is 4.96. The second kappa shape index (κ2) is 4.12. The van der Waals surface area contributed by atoms with Crippen LogP contribution in [0.1, 0.15) is 5.56 Å². The highest BCUT2D eigenvalue weighted by atomic mass is 16.5. The Hall–Kier alpha value is -2.02. The number of methoxy groups -OCH3 is 1. The van der Waals surface area contributed by atoms with E-state index in [4.69, 9.17) is 15.7 Å². The predicted molar refractivity (Wildman–Crippen MR) is 49.3 cm³/mol. The number of aliphatic imine (C=N–C) groups is 1. The first-order chi connectivity index (χ1) is 6.27. The fraction of sp³-hybridized carbons (Fsp3) is 0.111. The van der Waals surface area contributed by atoms with Crippen LogP contribution in [0, 0.1) is 11.5 Å². The van der Waals surface area contributed by atoms with Gasteiger partial charge in [0.1, 0.15) is 11.6 Å². The topological polar surface area (TPSA) is 71.4 Å². The highest BCUT2D eigenvalue weighted by molar-refractivity contribution is 5.98. The van der Waals surface area contributed by atoms with Gasteiger partial charge >= 0.3 is 0 Å². The van der Waals surface area contributed by atoms with Crippen molar-refractivity contribution < 1.29 is 4.74 Å². The van der Waals surface area contributed by atoms with Gasteiger partial charge in [-0.15, -0.1) is 0 Å². The van der Waals surface area contributed by atoms with Crippen molar-refractivity contribution in [1.29, 1.82) is 5.26 Å². The first-order valence-electron chi connectivity index (χ1n) is 3.64. The molecule has 0 saturated carbocycles. The van der Waals surface area contributed by atoms with Gasteiger partial charge in [0.15, 0.2) is 0 Å². The van der Waals surface area contributed by atoms with Crippen molar-refractivity contribution >= 4 is 5.84 Å². The Labute approximate surface area is 76.3 Å². The third-order valence-electron chi connectivity index (χ3n) is 1.56. The lowest BCUT2D eigenvalue weighted by atomic mass is 10.2. The first kappa shape index (κ1) is 9.07. The van der Waals surface area contributed by atoms with Crippen LogP contribution in [0.3, 0.4) is 0 Å². The van der Waals surface area contributed by atoms with Crippen LogP contribution in [0.25, 0.3) is 0 Å². The highest BCUT2D eigenvalue weighted by Gasteiger charge is 1.97. The van der Waals surface area contributed by atoms with E-state index in [0.29, 0.717) is 5.56 Å². The fourth-order valence-corrected chi connectivity index (χ4v) is 0.880. The lowest BCUT2D eigenvalue weighted by Crippen LogP contribution is -2.12. The van der Waals surface area contributed by atoms with Crippen molar-refractivity contribution in [3.8, 4) is 11.9 Å². The highest BCUT2D eigenvalue weighted by Crippen LogP contribution is 2.10. The number of hydrogen-bond acceptors (Lipinski definition) is 3. The Bertz CT molecular complexity index is 348. The number of amidine groups is 1. The molecule has 1 rings (SSSR count). The van der Waals surface area contributed by atoms with E-state index in [-0.39, 0.29) is 5.84 Å². The molecule has 0 radical (unpaired) electrons. The van der Waals surface area contributed by atoms with E-state index in [0.717, 1.165) is 5.75 Å². The van der Waals surface area contributed by atoms with Gasteiger partial charge in [0, 0.05) is 5.56 Å². The van der Waals surface area contributed by atoms with E-state index in [1.165, 1.54) is 0 Å². The van der Waals surface area contributed by atoms with Crippen LogP contribution in [0.4, 0.5) is 0 Å². The van der Waals surface area contributed by atoms with Crippen LogP contribution in [-0.2, 0) is 0 Å². The molecule has 0 aliphatic rings. The number of nitriles is 1. The largest absolute Gasteiger partial charge is 0.497 e. The van der Waals surface area contributed by atoms with E-state index < -0.39 is 0 Å². The summed E-state index contributed by atoms with van der Waals surface area (Å²) in [5, 5.41) is 8.26.